The number of benzene rings is 2. The first-order valence-electron chi connectivity index (χ1n) is 6.72. The molecule has 0 aliphatic carbocycles. The van der Waals surface area contributed by atoms with Crippen LogP contribution < -0.4 is 10.0 Å². The third kappa shape index (κ3) is 5.18. The zero-order valence-electron chi connectivity index (χ0n) is 12.7. The number of amides is 1. The minimum Gasteiger partial charge on any atom is -0.322 e. The van der Waals surface area contributed by atoms with Crippen molar-refractivity contribution < 1.29 is 30.8 Å². The summed E-state index contributed by atoms with van der Waals surface area (Å²) in [7, 11) is -3.68. The summed E-state index contributed by atoms with van der Waals surface area (Å²) in [6, 6.07) is 6.89. The molecule has 5 nitrogen and oxygen atoms in total. The summed E-state index contributed by atoms with van der Waals surface area (Å²) in [5.74, 6) is -1.82. The van der Waals surface area contributed by atoms with Crippen molar-refractivity contribution in [3.63, 3.8) is 0 Å². The zero-order chi connectivity index (χ0) is 18.8. The standard InChI is InChI=1S/C15H12F4N2O3S/c1-25(23,24)21-13-6-5-11(8-12(13)16)20-14(22)9-3-2-4-10(7-9)15(17,18)19/h2-8,21H,1H3,(H,20,22). The smallest absolute Gasteiger partial charge is 0.322 e. The highest BCUT2D eigenvalue weighted by molar-refractivity contribution is 7.92. The fraction of sp³-hybridized carbons (Fsp3) is 0.133. The van der Waals surface area contributed by atoms with Crippen LogP contribution >= 0.6 is 0 Å². The Labute approximate surface area is 140 Å². The topological polar surface area (TPSA) is 75.3 Å². The molecule has 1 amide bonds. The van der Waals surface area contributed by atoms with E-state index >= 15 is 0 Å². The van der Waals surface area contributed by atoms with Gasteiger partial charge in [-0.15, -0.1) is 0 Å². The lowest BCUT2D eigenvalue weighted by atomic mass is 10.1. The van der Waals surface area contributed by atoms with Crippen LogP contribution in [0.4, 0.5) is 28.9 Å². The van der Waals surface area contributed by atoms with Crippen molar-refractivity contribution >= 4 is 27.3 Å². The van der Waals surface area contributed by atoms with Crippen LogP contribution in [0.25, 0.3) is 0 Å². The van der Waals surface area contributed by atoms with E-state index in [1.165, 1.54) is 12.1 Å². The molecule has 0 heterocycles. The lowest BCUT2D eigenvalue weighted by Gasteiger charge is -2.10. The minimum atomic E-state index is -4.60. The molecule has 0 unspecified atom stereocenters. The number of sulfonamides is 1. The Morgan fingerprint density at radius 3 is 2.32 bits per heavy atom. The second-order valence-electron chi connectivity index (χ2n) is 5.10. The van der Waals surface area contributed by atoms with Gasteiger partial charge >= 0.3 is 6.18 Å². The summed E-state index contributed by atoms with van der Waals surface area (Å²) in [5, 5.41) is 2.24. The highest BCUT2D eigenvalue weighted by atomic mass is 32.2. The van der Waals surface area contributed by atoms with Gasteiger partial charge in [-0.1, -0.05) is 6.07 Å². The Kier molecular flexibility index (Phi) is 5.02. The summed E-state index contributed by atoms with van der Waals surface area (Å²) >= 11 is 0. The molecule has 10 heteroatoms. The summed E-state index contributed by atoms with van der Waals surface area (Å²) < 4.78 is 75.9. The average molecular weight is 376 g/mol. The highest BCUT2D eigenvalue weighted by Crippen LogP contribution is 2.29. The van der Waals surface area contributed by atoms with E-state index in [-0.39, 0.29) is 16.9 Å². The van der Waals surface area contributed by atoms with E-state index in [0.717, 1.165) is 30.5 Å². The van der Waals surface area contributed by atoms with Crippen LogP contribution in [0.2, 0.25) is 0 Å². The molecule has 0 atom stereocenters. The molecule has 2 aromatic rings. The van der Waals surface area contributed by atoms with E-state index in [2.05, 4.69) is 5.32 Å². The van der Waals surface area contributed by atoms with E-state index in [1.54, 1.807) is 0 Å². The van der Waals surface area contributed by atoms with E-state index < -0.39 is 33.5 Å². The molecule has 0 radical (unpaired) electrons. The zero-order valence-corrected chi connectivity index (χ0v) is 13.5. The maximum Gasteiger partial charge on any atom is 0.416 e. The van der Waals surface area contributed by atoms with Gasteiger partial charge < -0.3 is 5.32 Å². The van der Waals surface area contributed by atoms with Crippen molar-refractivity contribution in [1.82, 2.24) is 0 Å². The lowest BCUT2D eigenvalue weighted by Crippen LogP contribution is -2.15. The normalized spacial score (nSPS) is 11.9. The molecule has 0 saturated heterocycles. The molecule has 2 N–H and O–H groups in total. The third-order valence-electron chi connectivity index (χ3n) is 2.97. The van der Waals surface area contributed by atoms with Crippen LogP contribution in [-0.4, -0.2) is 20.6 Å². The first-order valence-corrected chi connectivity index (χ1v) is 8.61. The maximum atomic E-state index is 13.8. The van der Waals surface area contributed by atoms with Crippen molar-refractivity contribution in [2.45, 2.75) is 6.18 Å². The second kappa shape index (κ2) is 6.71. The predicted octanol–water partition coefficient (Wildman–Crippen LogP) is 3.47. The van der Waals surface area contributed by atoms with Crippen LogP contribution in [0.1, 0.15) is 15.9 Å². The first-order chi connectivity index (χ1) is 11.5. The van der Waals surface area contributed by atoms with Crippen molar-refractivity contribution in [2.75, 3.05) is 16.3 Å². The van der Waals surface area contributed by atoms with Crippen molar-refractivity contribution in [2.24, 2.45) is 0 Å². The fourth-order valence-electron chi connectivity index (χ4n) is 1.92. The SMILES string of the molecule is CS(=O)(=O)Nc1ccc(NC(=O)c2cccc(C(F)(F)F)c2)cc1F. The summed E-state index contributed by atoms with van der Waals surface area (Å²) in [6.07, 6.45) is -3.75. The fourth-order valence-corrected chi connectivity index (χ4v) is 2.48. The molecule has 0 aromatic heterocycles. The van der Waals surface area contributed by atoms with Gasteiger partial charge in [-0.2, -0.15) is 13.2 Å². The number of alkyl halides is 3. The maximum absolute atomic E-state index is 13.8. The summed E-state index contributed by atoms with van der Waals surface area (Å²) in [4.78, 5) is 12.0. The number of hydrogen-bond acceptors (Lipinski definition) is 3. The molecule has 0 aliphatic rings. The lowest BCUT2D eigenvalue weighted by molar-refractivity contribution is -0.137. The Morgan fingerprint density at radius 1 is 1.08 bits per heavy atom. The van der Waals surface area contributed by atoms with Crippen LogP contribution in [-0.2, 0) is 16.2 Å². The van der Waals surface area contributed by atoms with E-state index in [9.17, 15) is 30.8 Å². The number of anilines is 2. The van der Waals surface area contributed by atoms with Gasteiger partial charge in [0.1, 0.15) is 5.82 Å². The molecular formula is C15H12F4N2O3S. The first kappa shape index (κ1) is 18.7. The Balaban J connectivity index is 2.20. The van der Waals surface area contributed by atoms with Crippen LogP contribution in [0.3, 0.4) is 0 Å². The molecule has 0 saturated carbocycles. The Bertz CT molecular complexity index is 911. The van der Waals surface area contributed by atoms with Gasteiger partial charge in [0.25, 0.3) is 5.91 Å². The Hall–Kier alpha value is -2.62. The van der Waals surface area contributed by atoms with Gasteiger partial charge in [-0.25, -0.2) is 12.8 Å². The largest absolute Gasteiger partial charge is 0.416 e. The van der Waals surface area contributed by atoms with Crippen molar-refractivity contribution in [1.29, 1.82) is 0 Å². The molecule has 0 aliphatic heterocycles. The van der Waals surface area contributed by atoms with Crippen LogP contribution in [0, 0.1) is 5.82 Å². The molecule has 0 spiro atoms. The van der Waals surface area contributed by atoms with E-state index in [4.69, 9.17) is 0 Å². The van der Waals surface area contributed by atoms with Gasteiger partial charge in [0.15, 0.2) is 0 Å². The number of carbonyl (C=O) groups is 1. The second-order valence-corrected chi connectivity index (χ2v) is 6.85. The van der Waals surface area contributed by atoms with Gasteiger partial charge in [0, 0.05) is 11.3 Å². The van der Waals surface area contributed by atoms with Crippen molar-refractivity contribution in [3.8, 4) is 0 Å². The van der Waals surface area contributed by atoms with Gasteiger partial charge in [-0.05, 0) is 36.4 Å². The number of hydrogen-bond donors (Lipinski definition) is 2. The molecular weight excluding hydrogens is 364 g/mol. The van der Waals surface area contributed by atoms with E-state index in [1.807, 2.05) is 4.72 Å². The quantitative estimate of drug-likeness (QED) is 0.803. The minimum absolute atomic E-state index is 0.0426. The third-order valence-corrected chi connectivity index (χ3v) is 3.57. The molecule has 0 bridgehead atoms. The molecule has 2 rings (SSSR count). The number of nitrogens with one attached hydrogen (secondary N) is 2. The number of halogens is 4. The highest BCUT2D eigenvalue weighted by Gasteiger charge is 2.30. The molecule has 2 aromatic carbocycles. The molecule has 25 heavy (non-hydrogen) atoms. The monoisotopic (exact) mass is 376 g/mol. The van der Waals surface area contributed by atoms with Crippen molar-refractivity contribution in [3.05, 3.63) is 59.4 Å². The number of rotatable bonds is 4. The predicted molar refractivity (Wildman–Crippen MR) is 84.3 cm³/mol. The van der Waals surface area contributed by atoms with Gasteiger partial charge in [-0.3, -0.25) is 9.52 Å². The molecule has 134 valence electrons. The van der Waals surface area contributed by atoms with Crippen LogP contribution in [0.5, 0.6) is 0 Å². The Morgan fingerprint density at radius 2 is 1.76 bits per heavy atom. The van der Waals surface area contributed by atoms with Gasteiger partial charge in [0.2, 0.25) is 10.0 Å². The van der Waals surface area contributed by atoms with Crippen LogP contribution in [0.15, 0.2) is 42.5 Å². The average Bonchev–Trinajstić information content (AvgIpc) is 2.48. The van der Waals surface area contributed by atoms with E-state index in [0.29, 0.717) is 6.07 Å². The number of carbonyl (C=O) groups excluding carboxylic acids is 1. The van der Waals surface area contributed by atoms with Gasteiger partial charge in [0.05, 0.1) is 17.5 Å². The summed E-state index contributed by atoms with van der Waals surface area (Å²) in [6.45, 7) is 0. The molecule has 0 fully saturated rings. The summed E-state index contributed by atoms with van der Waals surface area (Å²) in [5.41, 5.74) is -1.61.